The standard InChI is InChI=1S/C20H23N5O/c1-12-4-2-6-15-18(12)22-19(21-15)14-5-3-9-25(11-14)20(26)17-10-16(23-24-17)13-7-8-13/h2,4,6,10,13-14H,3,5,7-9,11H2,1H3,(H,21,22)(H,23,24)/t14-/m1/s1. The molecule has 2 N–H and O–H groups in total. The van der Waals surface area contributed by atoms with Gasteiger partial charge in [0.15, 0.2) is 0 Å². The normalized spacial score (nSPS) is 20.7. The van der Waals surface area contributed by atoms with Crippen LogP contribution in [0.1, 0.15) is 65.1 Å². The highest BCUT2D eigenvalue weighted by atomic mass is 16.2. The third kappa shape index (κ3) is 2.69. The van der Waals surface area contributed by atoms with Crippen LogP contribution in [0, 0.1) is 6.92 Å². The lowest BCUT2D eigenvalue weighted by Gasteiger charge is -2.31. The van der Waals surface area contributed by atoms with Gasteiger partial charge in [0, 0.05) is 30.6 Å². The fourth-order valence-corrected chi connectivity index (χ4v) is 3.98. The van der Waals surface area contributed by atoms with Gasteiger partial charge in [0.2, 0.25) is 0 Å². The minimum absolute atomic E-state index is 0.0325. The van der Waals surface area contributed by atoms with Crippen molar-refractivity contribution in [2.24, 2.45) is 0 Å². The predicted molar refractivity (Wildman–Crippen MR) is 99.3 cm³/mol. The molecule has 1 atom stereocenters. The van der Waals surface area contributed by atoms with Crippen LogP contribution in [0.25, 0.3) is 11.0 Å². The Hall–Kier alpha value is -2.63. The molecular weight excluding hydrogens is 326 g/mol. The SMILES string of the molecule is Cc1cccc2[nH]c([C@@H]3CCCN(C(=O)c4cc(C5CC5)[nH]n4)C3)nc12. The fraction of sp³-hybridized carbons (Fsp3) is 0.450. The van der Waals surface area contributed by atoms with Crippen molar-refractivity contribution in [1.82, 2.24) is 25.1 Å². The molecule has 6 heteroatoms. The molecule has 0 spiro atoms. The zero-order chi connectivity index (χ0) is 17.7. The van der Waals surface area contributed by atoms with Crippen molar-refractivity contribution in [3.05, 3.63) is 47.0 Å². The number of para-hydroxylation sites is 1. The van der Waals surface area contributed by atoms with E-state index in [4.69, 9.17) is 4.98 Å². The Morgan fingerprint density at radius 1 is 1.23 bits per heavy atom. The Labute approximate surface area is 152 Å². The summed E-state index contributed by atoms with van der Waals surface area (Å²) in [6.45, 7) is 3.57. The van der Waals surface area contributed by atoms with E-state index >= 15 is 0 Å². The van der Waals surface area contributed by atoms with Gasteiger partial charge in [0.05, 0.1) is 11.0 Å². The minimum Gasteiger partial charge on any atom is -0.342 e. The number of hydrogen-bond acceptors (Lipinski definition) is 3. The first-order valence-corrected chi connectivity index (χ1v) is 9.49. The summed E-state index contributed by atoms with van der Waals surface area (Å²) in [6, 6.07) is 8.13. The number of rotatable bonds is 3. The van der Waals surface area contributed by atoms with Gasteiger partial charge in [-0.1, -0.05) is 12.1 Å². The first kappa shape index (κ1) is 15.6. The number of carbonyl (C=O) groups is 1. The monoisotopic (exact) mass is 349 g/mol. The van der Waals surface area contributed by atoms with Gasteiger partial charge in [0.25, 0.3) is 5.91 Å². The molecule has 2 fully saturated rings. The molecule has 134 valence electrons. The van der Waals surface area contributed by atoms with Crippen molar-refractivity contribution in [3.8, 4) is 0 Å². The van der Waals surface area contributed by atoms with Crippen LogP contribution in [-0.2, 0) is 0 Å². The highest BCUT2D eigenvalue weighted by molar-refractivity contribution is 5.92. The number of aromatic amines is 2. The quantitative estimate of drug-likeness (QED) is 0.760. The smallest absolute Gasteiger partial charge is 0.274 e. The van der Waals surface area contributed by atoms with Gasteiger partial charge >= 0.3 is 0 Å². The summed E-state index contributed by atoms with van der Waals surface area (Å²) >= 11 is 0. The Balaban J connectivity index is 1.36. The largest absolute Gasteiger partial charge is 0.342 e. The lowest BCUT2D eigenvalue weighted by atomic mass is 9.97. The van der Waals surface area contributed by atoms with Crippen LogP contribution >= 0.6 is 0 Å². The fourth-order valence-electron chi connectivity index (χ4n) is 3.98. The highest BCUT2D eigenvalue weighted by Gasteiger charge is 2.30. The van der Waals surface area contributed by atoms with E-state index < -0.39 is 0 Å². The molecule has 5 rings (SSSR count). The second-order valence-corrected chi connectivity index (χ2v) is 7.67. The number of imidazole rings is 1. The zero-order valence-corrected chi connectivity index (χ0v) is 15.0. The molecule has 2 aromatic heterocycles. The summed E-state index contributed by atoms with van der Waals surface area (Å²) in [5.41, 5.74) is 4.94. The molecule has 1 aliphatic carbocycles. The van der Waals surface area contributed by atoms with Crippen molar-refractivity contribution in [3.63, 3.8) is 0 Å². The zero-order valence-electron chi connectivity index (χ0n) is 15.0. The molecule has 1 saturated carbocycles. The molecule has 1 aliphatic heterocycles. The van der Waals surface area contributed by atoms with Crippen molar-refractivity contribution < 1.29 is 4.79 Å². The number of piperidine rings is 1. The van der Waals surface area contributed by atoms with Crippen LogP contribution in [0.3, 0.4) is 0 Å². The number of hydrogen-bond donors (Lipinski definition) is 2. The molecule has 1 saturated heterocycles. The van der Waals surface area contributed by atoms with E-state index in [0.29, 0.717) is 18.2 Å². The van der Waals surface area contributed by atoms with E-state index in [1.807, 2.05) is 17.0 Å². The van der Waals surface area contributed by atoms with Crippen LogP contribution in [0.4, 0.5) is 0 Å². The predicted octanol–water partition coefficient (Wildman–Crippen LogP) is 3.49. The number of nitrogens with one attached hydrogen (secondary N) is 2. The van der Waals surface area contributed by atoms with Gasteiger partial charge in [-0.2, -0.15) is 5.10 Å². The van der Waals surface area contributed by atoms with Crippen molar-refractivity contribution >= 4 is 16.9 Å². The maximum Gasteiger partial charge on any atom is 0.274 e. The number of fused-ring (bicyclic) bond motifs is 1. The van der Waals surface area contributed by atoms with Crippen molar-refractivity contribution in [2.75, 3.05) is 13.1 Å². The molecule has 2 aliphatic rings. The van der Waals surface area contributed by atoms with Crippen LogP contribution in [-0.4, -0.2) is 44.1 Å². The van der Waals surface area contributed by atoms with Crippen LogP contribution in [0.5, 0.6) is 0 Å². The summed E-state index contributed by atoms with van der Waals surface area (Å²) in [7, 11) is 0. The minimum atomic E-state index is 0.0325. The Morgan fingerprint density at radius 2 is 2.12 bits per heavy atom. The first-order chi connectivity index (χ1) is 12.7. The molecule has 0 radical (unpaired) electrons. The summed E-state index contributed by atoms with van der Waals surface area (Å²) in [6.07, 6.45) is 4.45. The second-order valence-electron chi connectivity index (χ2n) is 7.67. The lowest BCUT2D eigenvalue weighted by molar-refractivity contribution is 0.0699. The molecule has 1 amide bonds. The second kappa shape index (κ2) is 5.97. The van der Waals surface area contributed by atoms with E-state index in [1.165, 1.54) is 18.4 Å². The molecule has 3 aromatic rings. The van der Waals surface area contributed by atoms with Gasteiger partial charge in [-0.25, -0.2) is 4.98 Å². The van der Waals surface area contributed by atoms with Crippen LogP contribution in [0.15, 0.2) is 24.3 Å². The number of aryl methyl sites for hydroxylation is 1. The average molecular weight is 349 g/mol. The van der Waals surface area contributed by atoms with Crippen molar-refractivity contribution in [1.29, 1.82) is 0 Å². The molecule has 0 bridgehead atoms. The number of amides is 1. The number of benzene rings is 1. The van der Waals surface area contributed by atoms with Crippen LogP contribution in [0.2, 0.25) is 0 Å². The third-order valence-electron chi connectivity index (χ3n) is 5.66. The Morgan fingerprint density at radius 3 is 2.92 bits per heavy atom. The summed E-state index contributed by atoms with van der Waals surface area (Å²) in [5, 5.41) is 7.30. The number of aromatic nitrogens is 4. The molecule has 26 heavy (non-hydrogen) atoms. The molecule has 6 nitrogen and oxygen atoms in total. The van der Waals surface area contributed by atoms with E-state index in [1.54, 1.807) is 0 Å². The number of carbonyl (C=O) groups excluding carboxylic acids is 1. The van der Waals surface area contributed by atoms with E-state index in [0.717, 1.165) is 41.9 Å². The van der Waals surface area contributed by atoms with Gasteiger partial charge in [0.1, 0.15) is 11.5 Å². The number of likely N-dealkylation sites (tertiary alicyclic amines) is 1. The lowest BCUT2D eigenvalue weighted by Crippen LogP contribution is -2.39. The van der Waals surface area contributed by atoms with Gasteiger partial charge < -0.3 is 9.88 Å². The van der Waals surface area contributed by atoms with Gasteiger partial charge in [-0.3, -0.25) is 9.89 Å². The van der Waals surface area contributed by atoms with Crippen LogP contribution < -0.4 is 0 Å². The summed E-state index contributed by atoms with van der Waals surface area (Å²) < 4.78 is 0. The molecule has 1 aromatic carbocycles. The Bertz CT molecular complexity index is 968. The molecule has 0 unspecified atom stereocenters. The number of H-pyrrole nitrogens is 2. The van der Waals surface area contributed by atoms with Gasteiger partial charge in [-0.15, -0.1) is 0 Å². The highest BCUT2D eigenvalue weighted by Crippen LogP contribution is 2.39. The topological polar surface area (TPSA) is 77.7 Å². The molecular formula is C20H23N5O. The Kier molecular flexibility index (Phi) is 3.58. The summed E-state index contributed by atoms with van der Waals surface area (Å²) in [4.78, 5) is 23.1. The average Bonchev–Trinajstić information content (AvgIpc) is 3.22. The summed E-state index contributed by atoms with van der Waals surface area (Å²) in [5.74, 6) is 1.86. The van der Waals surface area contributed by atoms with E-state index in [-0.39, 0.29) is 11.8 Å². The van der Waals surface area contributed by atoms with E-state index in [9.17, 15) is 4.79 Å². The maximum atomic E-state index is 12.9. The molecule has 3 heterocycles. The number of nitrogens with zero attached hydrogens (tertiary/aromatic N) is 3. The third-order valence-corrected chi connectivity index (χ3v) is 5.66. The maximum absolute atomic E-state index is 12.9. The first-order valence-electron chi connectivity index (χ1n) is 9.49. The van der Waals surface area contributed by atoms with E-state index in [2.05, 4.69) is 34.2 Å². The van der Waals surface area contributed by atoms with Gasteiger partial charge in [-0.05, 0) is 50.3 Å². The van der Waals surface area contributed by atoms with Crippen molar-refractivity contribution in [2.45, 2.75) is 44.4 Å².